The third-order valence-electron chi connectivity index (χ3n) is 2.19. The van der Waals surface area contributed by atoms with Crippen LogP contribution in [0.15, 0.2) is 41.1 Å². The lowest BCUT2D eigenvalue weighted by Gasteiger charge is -2.07. The van der Waals surface area contributed by atoms with Gasteiger partial charge in [0.05, 0.1) is 16.9 Å². The molecule has 17 heavy (non-hydrogen) atoms. The molecule has 0 atom stereocenters. The number of rotatable bonds is 3. The van der Waals surface area contributed by atoms with E-state index in [0.29, 0.717) is 6.54 Å². The number of hydrogen-bond donors (Lipinski definition) is 1. The second kappa shape index (κ2) is 5.47. The minimum absolute atomic E-state index is 0.136. The van der Waals surface area contributed by atoms with Gasteiger partial charge in [0.15, 0.2) is 0 Å². The molecule has 2 aromatic rings. The first-order valence-corrected chi connectivity index (χ1v) is 6.10. The Bertz CT molecular complexity index is 534. The average Bonchev–Trinajstić information content (AvgIpc) is 2.31. The van der Waals surface area contributed by atoms with Crippen LogP contribution < -0.4 is 5.32 Å². The van der Waals surface area contributed by atoms with Crippen LogP contribution in [0, 0.1) is 5.82 Å². The third-order valence-corrected chi connectivity index (χ3v) is 2.91. The Kier molecular flexibility index (Phi) is 3.97. The molecule has 0 aliphatic heterocycles. The number of anilines is 1. The lowest BCUT2D eigenvalue weighted by molar-refractivity contribution is 0.627. The van der Waals surface area contributed by atoms with Gasteiger partial charge in [-0.3, -0.25) is 4.98 Å². The van der Waals surface area contributed by atoms with Crippen molar-refractivity contribution in [2.45, 2.75) is 6.54 Å². The summed E-state index contributed by atoms with van der Waals surface area (Å²) in [6.45, 7) is 0.568. The van der Waals surface area contributed by atoms with E-state index in [1.165, 1.54) is 6.07 Å². The van der Waals surface area contributed by atoms with E-state index >= 15 is 0 Å². The maximum atomic E-state index is 12.9. The topological polar surface area (TPSA) is 24.9 Å². The molecule has 1 aromatic heterocycles. The van der Waals surface area contributed by atoms with Gasteiger partial charge in [-0.1, -0.05) is 17.7 Å². The van der Waals surface area contributed by atoms with Crippen molar-refractivity contribution in [3.63, 3.8) is 0 Å². The molecule has 0 aliphatic carbocycles. The molecule has 0 unspecified atom stereocenters. The number of aromatic nitrogens is 1. The molecule has 0 saturated carbocycles. The van der Waals surface area contributed by atoms with Gasteiger partial charge in [-0.15, -0.1) is 0 Å². The van der Waals surface area contributed by atoms with E-state index in [0.717, 1.165) is 15.7 Å². The molecule has 0 aliphatic rings. The quantitative estimate of drug-likeness (QED) is 0.916. The highest BCUT2D eigenvalue weighted by atomic mass is 79.9. The fourth-order valence-corrected chi connectivity index (χ4v) is 1.93. The van der Waals surface area contributed by atoms with E-state index in [1.807, 2.05) is 6.07 Å². The maximum absolute atomic E-state index is 12.9. The van der Waals surface area contributed by atoms with Crippen LogP contribution in [-0.2, 0) is 6.54 Å². The van der Waals surface area contributed by atoms with Gasteiger partial charge in [-0.2, -0.15) is 0 Å². The molecule has 1 N–H and O–H groups in total. The molecule has 1 aromatic carbocycles. The number of pyridine rings is 1. The number of hydrogen-bond acceptors (Lipinski definition) is 2. The minimum Gasteiger partial charge on any atom is -0.380 e. The fourth-order valence-electron chi connectivity index (χ4n) is 1.36. The molecule has 0 radical (unpaired) electrons. The summed E-state index contributed by atoms with van der Waals surface area (Å²) in [5.74, 6) is -0.403. The van der Waals surface area contributed by atoms with Crippen LogP contribution in [-0.4, -0.2) is 4.98 Å². The van der Waals surface area contributed by atoms with Crippen LogP contribution in [0.4, 0.5) is 10.1 Å². The Balaban J connectivity index is 2.05. The number of benzene rings is 1. The van der Waals surface area contributed by atoms with Gasteiger partial charge in [-0.05, 0) is 39.7 Å². The summed E-state index contributed by atoms with van der Waals surface area (Å²) in [6, 6.07) is 6.57. The van der Waals surface area contributed by atoms with E-state index in [-0.39, 0.29) is 5.02 Å². The Morgan fingerprint density at radius 3 is 2.82 bits per heavy atom. The second-order valence-corrected chi connectivity index (χ2v) is 4.82. The molecular formula is C12H9BrClFN2. The minimum atomic E-state index is -0.403. The highest BCUT2D eigenvalue weighted by Crippen LogP contribution is 2.18. The zero-order valence-electron chi connectivity index (χ0n) is 8.75. The summed E-state index contributed by atoms with van der Waals surface area (Å²) < 4.78 is 13.8. The molecule has 0 spiro atoms. The predicted molar refractivity (Wildman–Crippen MR) is 70.7 cm³/mol. The highest BCUT2D eigenvalue weighted by Gasteiger charge is 2.01. The summed E-state index contributed by atoms with van der Waals surface area (Å²) in [5.41, 5.74) is 1.80. The van der Waals surface area contributed by atoms with Gasteiger partial charge in [0, 0.05) is 17.2 Å². The summed E-state index contributed by atoms with van der Waals surface area (Å²) in [5, 5.41) is 3.31. The van der Waals surface area contributed by atoms with Crippen LogP contribution in [0.2, 0.25) is 5.02 Å². The third kappa shape index (κ3) is 3.41. The van der Waals surface area contributed by atoms with Crippen LogP contribution in [0.25, 0.3) is 0 Å². The largest absolute Gasteiger partial charge is 0.380 e. The van der Waals surface area contributed by atoms with Crippen molar-refractivity contribution in [2.75, 3.05) is 5.32 Å². The van der Waals surface area contributed by atoms with Crippen LogP contribution in [0.5, 0.6) is 0 Å². The predicted octanol–water partition coefficient (Wildman–Crippen LogP) is 4.25. The Hall–Kier alpha value is -1.13. The lowest BCUT2D eigenvalue weighted by Crippen LogP contribution is -2.00. The summed E-state index contributed by atoms with van der Waals surface area (Å²) in [7, 11) is 0. The SMILES string of the molecule is Fc1ccc(CNc2cncc(Br)c2)cc1Cl. The van der Waals surface area contributed by atoms with Crippen molar-refractivity contribution in [1.29, 1.82) is 0 Å². The summed E-state index contributed by atoms with van der Waals surface area (Å²) >= 11 is 9.03. The molecule has 5 heteroatoms. The second-order valence-electron chi connectivity index (χ2n) is 3.49. The van der Waals surface area contributed by atoms with Crippen LogP contribution in [0.1, 0.15) is 5.56 Å². The lowest BCUT2D eigenvalue weighted by atomic mass is 10.2. The number of nitrogens with zero attached hydrogens (tertiary/aromatic N) is 1. The molecular weight excluding hydrogens is 307 g/mol. The van der Waals surface area contributed by atoms with E-state index < -0.39 is 5.82 Å². The van der Waals surface area contributed by atoms with Crippen LogP contribution >= 0.6 is 27.5 Å². The van der Waals surface area contributed by atoms with E-state index in [1.54, 1.807) is 24.5 Å². The molecule has 2 rings (SSSR count). The molecule has 88 valence electrons. The van der Waals surface area contributed by atoms with E-state index in [4.69, 9.17) is 11.6 Å². The Labute approximate surface area is 112 Å². The molecule has 2 nitrogen and oxygen atoms in total. The zero-order valence-corrected chi connectivity index (χ0v) is 11.1. The number of halogens is 3. The first-order chi connectivity index (χ1) is 8.15. The van der Waals surface area contributed by atoms with Crippen molar-refractivity contribution in [1.82, 2.24) is 4.98 Å². The molecule has 0 saturated heterocycles. The smallest absolute Gasteiger partial charge is 0.141 e. The van der Waals surface area contributed by atoms with Gasteiger partial charge >= 0.3 is 0 Å². The van der Waals surface area contributed by atoms with Crippen molar-refractivity contribution < 1.29 is 4.39 Å². The monoisotopic (exact) mass is 314 g/mol. The van der Waals surface area contributed by atoms with Gasteiger partial charge in [0.2, 0.25) is 0 Å². The van der Waals surface area contributed by atoms with E-state index in [2.05, 4.69) is 26.2 Å². The fraction of sp³-hybridized carbons (Fsp3) is 0.0833. The normalized spacial score (nSPS) is 10.3. The molecule has 0 bridgehead atoms. The Morgan fingerprint density at radius 1 is 1.29 bits per heavy atom. The van der Waals surface area contributed by atoms with Crippen molar-refractivity contribution in [3.8, 4) is 0 Å². The van der Waals surface area contributed by atoms with Crippen molar-refractivity contribution in [2.24, 2.45) is 0 Å². The standard InChI is InChI=1S/C12H9BrClFN2/c13-9-4-10(7-16-6-9)17-5-8-1-2-12(15)11(14)3-8/h1-4,6-7,17H,5H2. The van der Waals surface area contributed by atoms with Crippen molar-refractivity contribution >= 4 is 33.2 Å². The van der Waals surface area contributed by atoms with Gasteiger partial charge < -0.3 is 5.32 Å². The zero-order chi connectivity index (χ0) is 12.3. The first-order valence-electron chi connectivity index (χ1n) is 4.93. The highest BCUT2D eigenvalue weighted by molar-refractivity contribution is 9.10. The first kappa shape index (κ1) is 12.3. The van der Waals surface area contributed by atoms with Crippen LogP contribution in [0.3, 0.4) is 0 Å². The van der Waals surface area contributed by atoms with Gasteiger partial charge in [0.1, 0.15) is 5.82 Å². The van der Waals surface area contributed by atoms with Gasteiger partial charge in [0.25, 0.3) is 0 Å². The summed E-state index contributed by atoms with van der Waals surface area (Å²) in [4.78, 5) is 4.03. The van der Waals surface area contributed by atoms with E-state index in [9.17, 15) is 4.39 Å². The Morgan fingerprint density at radius 2 is 2.12 bits per heavy atom. The maximum Gasteiger partial charge on any atom is 0.141 e. The number of nitrogens with one attached hydrogen (secondary N) is 1. The van der Waals surface area contributed by atoms with Gasteiger partial charge in [-0.25, -0.2) is 4.39 Å². The molecule has 1 heterocycles. The van der Waals surface area contributed by atoms with Crippen molar-refractivity contribution in [3.05, 3.63) is 57.5 Å². The average molecular weight is 316 g/mol. The summed E-state index contributed by atoms with van der Waals surface area (Å²) in [6.07, 6.45) is 3.43. The molecule has 0 amide bonds. The molecule has 0 fully saturated rings.